The molecule has 0 aliphatic rings. The Morgan fingerprint density at radius 2 is 2.25 bits per heavy atom. The van der Waals surface area contributed by atoms with Gasteiger partial charge in [-0.2, -0.15) is 0 Å². The summed E-state index contributed by atoms with van der Waals surface area (Å²) in [5, 5.41) is 3.21. The Balaban J connectivity index is 2.50. The fraction of sp³-hybridized carbons (Fsp3) is 0.600. The molecule has 1 rings (SSSR count). The standard InChI is InChI=1S/C10H18N2/c1-10(2,8-11-3)7-9-5-4-6-12-9/h4-6,11-12H,7-8H2,1-3H3. The second kappa shape index (κ2) is 3.76. The summed E-state index contributed by atoms with van der Waals surface area (Å²) in [5.74, 6) is 0. The van der Waals surface area contributed by atoms with Crippen molar-refractivity contribution in [3.05, 3.63) is 24.0 Å². The van der Waals surface area contributed by atoms with Crippen molar-refractivity contribution in [3.8, 4) is 0 Å². The molecular formula is C10H18N2. The number of nitrogens with one attached hydrogen (secondary N) is 2. The maximum atomic E-state index is 3.22. The Morgan fingerprint density at radius 1 is 1.50 bits per heavy atom. The van der Waals surface area contributed by atoms with Crippen LogP contribution in [0.1, 0.15) is 19.5 Å². The zero-order valence-electron chi connectivity index (χ0n) is 8.15. The lowest BCUT2D eigenvalue weighted by Crippen LogP contribution is -2.28. The normalized spacial score (nSPS) is 11.9. The predicted molar refractivity (Wildman–Crippen MR) is 52.2 cm³/mol. The molecule has 0 saturated heterocycles. The van der Waals surface area contributed by atoms with Crippen LogP contribution in [0.4, 0.5) is 0 Å². The van der Waals surface area contributed by atoms with Crippen LogP contribution in [0.25, 0.3) is 0 Å². The Labute approximate surface area is 74.4 Å². The van der Waals surface area contributed by atoms with Gasteiger partial charge in [0.2, 0.25) is 0 Å². The summed E-state index contributed by atoms with van der Waals surface area (Å²) in [7, 11) is 2.00. The van der Waals surface area contributed by atoms with Gasteiger partial charge in [0, 0.05) is 18.4 Å². The maximum absolute atomic E-state index is 3.22. The molecule has 0 radical (unpaired) electrons. The second-order valence-corrected chi connectivity index (χ2v) is 4.07. The minimum absolute atomic E-state index is 0.333. The quantitative estimate of drug-likeness (QED) is 0.701. The van der Waals surface area contributed by atoms with E-state index in [-0.39, 0.29) is 0 Å². The molecule has 0 amide bonds. The van der Waals surface area contributed by atoms with Crippen LogP contribution in [-0.4, -0.2) is 18.6 Å². The summed E-state index contributed by atoms with van der Waals surface area (Å²) in [5.41, 5.74) is 1.65. The van der Waals surface area contributed by atoms with Gasteiger partial charge in [-0.25, -0.2) is 0 Å². The summed E-state index contributed by atoms with van der Waals surface area (Å²) < 4.78 is 0. The first-order valence-electron chi connectivity index (χ1n) is 4.41. The molecule has 2 heteroatoms. The van der Waals surface area contributed by atoms with Gasteiger partial charge in [0.1, 0.15) is 0 Å². The molecule has 0 aromatic carbocycles. The van der Waals surface area contributed by atoms with Gasteiger partial charge in [-0.05, 0) is 31.0 Å². The Morgan fingerprint density at radius 3 is 2.75 bits per heavy atom. The van der Waals surface area contributed by atoms with Gasteiger partial charge in [-0.1, -0.05) is 13.8 Å². The van der Waals surface area contributed by atoms with E-state index in [9.17, 15) is 0 Å². The lowest BCUT2D eigenvalue weighted by atomic mass is 9.88. The van der Waals surface area contributed by atoms with E-state index >= 15 is 0 Å². The fourth-order valence-corrected chi connectivity index (χ4v) is 1.53. The highest BCUT2D eigenvalue weighted by Crippen LogP contribution is 2.19. The average molecular weight is 166 g/mol. The minimum atomic E-state index is 0.333. The molecule has 0 bridgehead atoms. The molecule has 0 unspecified atom stereocenters. The van der Waals surface area contributed by atoms with Crippen molar-refractivity contribution in [1.29, 1.82) is 0 Å². The summed E-state index contributed by atoms with van der Waals surface area (Å²) >= 11 is 0. The number of aromatic nitrogens is 1. The Bertz CT molecular complexity index is 212. The molecule has 0 spiro atoms. The average Bonchev–Trinajstić information content (AvgIpc) is 2.38. The lowest BCUT2D eigenvalue weighted by molar-refractivity contribution is 0.347. The molecule has 0 atom stereocenters. The summed E-state index contributed by atoms with van der Waals surface area (Å²) in [6.45, 7) is 5.58. The van der Waals surface area contributed by atoms with E-state index in [1.165, 1.54) is 5.69 Å². The largest absolute Gasteiger partial charge is 0.365 e. The number of hydrogen-bond donors (Lipinski definition) is 2. The smallest absolute Gasteiger partial charge is 0.0152 e. The van der Waals surface area contributed by atoms with E-state index in [2.05, 4.69) is 30.2 Å². The highest BCUT2D eigenvalue weighted by atomic mass is 14.8. The first-order valence-corrected chi connectivity index (χ1v) is 4.41. The molecule has 1 heterocycles. The van der Waals surface area contributed by atoms with Crippen LogP contribution in [0.15, 0.2) is 18.3 Å². The van der Waals surface area contributed by atoms with Gasteiger partial charge in [-0.3, -0.25) is 0 Å². The summed E-state index contributed by atoms with van der Waals surface area (Å²) in [6.07, 6.45) is 3.08. The van der Waals surface area contributed by atoms with Crippen LogP contribution >= 0.6 is 0 Å². The van der Waals surface area contributed by atoms with Crippen molar-refractivity contribution in [2.24, 2.45) is 5.41 Å². The summed E-state index contributed by atoms with van der Waals surface area (Å²) in [4.78, 5) is 3.22. The molecule has 1 aromatic heterocycles. The number of hydrogen-bond acceptors (Lipinski definition) is 1. The van der Waals surface area contributed by atoms with Crippen molar-refractivity contribution in [3.63, 3.8) is 0 Å². The molecule has 2 nitrogen and oxygen atoms in total. The highest BCUT2D eigenvalue weighted by Gasteiger charge is 2.17. The third-order valence-electron chi connectivity index (χ3n) is 1.99. The van der Waals surface area contributed by atoms with Crippen molar-refractivity contribution >= 4 is 0 Å². The van der Waals surface area contributed by atoms with E-state index in [1.54, 1.807) is 0 Å². The van der Waals surface area contributed by atoms with Gasteiger partial charge < -0.3 is 10.3 Å². The molecule has 12 heavy (non-hydrogen) atoms. The predicted octanol–water partition coefficient (Wildman–Crippen LogP) is 1.80. The SMILES string of the molecule is CNCC(C)(C)Cc1ccc[nH]1. The number of aromatic amines is 1. The third-order valence-corrected chi connectivity index (χ3v) is 1.99. The van der Waals surface area contributed by atoms with Crippen molar-refractivity contribution in [2.75, 3.05) is 13.6 Å². The van der Waals surface area contributed by atoms with Gasteiger partial charge >= 0.3 is 0 Å². The second-order valence-electron chi connectivity index (χ2n) is 4.07. The van der Waals surface area contributed by atoms with Crippen molar-refractivity contribution in [2.45, 2.75) is 20.3 Å². The fourth-order valence-electron chi connectivity index (χ4n) is 1.53. The van der Waals surface area contributed by atoms with Crippen LogP contribution in [0, 0.1) is 5.41 Å². The first-order chi connectivity index (χ1) is 5.64. The molecule has 2 N–H and O–H groups in total. The Hall–Kier alpha value is -0.760. The summed E-state index contributed by atoms with van der Waals surface area (Å²) in [6, 6.07) is 4.18. The molecule has 1 aromatic rings. The minimum Gasteiger partial charge on any atom is -0.365 e. The van der Waals surface area contributed by atoms with Gasteiger partial charge in [0.05, 0.1) is 0 Å². The molecule has 0 aliphatic heterocycles. The lowest BCUT2D eigenvalue weighted by Gasteiger charge is -2.23. The monoisotopic (exact) mass is 166 g/mol. The maximum Gasteiger partial charge on any atom is 0.0152 e. The molecule has 68 valence electrons. The van der Waals surface area contributed by atoms with E-state index in [1.807, 2.05) is 19.3 Å². The molecular weight excluding hydrogens is 148 g/mol. The first kappa shape index (κ1) is 9.33. The van der Waals surface area contributed by atoms with Gasteiger partial charge in [0.15, 0.2) is 0 Å². The molecule has 0 fully saturated rings. The zero-order chi connectivity index (χ0) is 9.03. The van der Waals surface area contributed by atoms with E-state index in [4.69, 9.17) is 0 Å². The van der Waals surface area contributed by atoms with Crippen LogP contribution in [0.5, 0.6) is 0 Å². The number of H-pyrrole nitrogens is 1. The topological polar surface area (TPSA) is 27.8 Å². The van der Waals surface area contributed by atoms with Crippen LogP contribution in [0.2, 0.25) is 0 Å². The Kier molecular flexibility index (Phi) is 2.93. The third kappa shape index (κ3) is 2.70. The highest BCUT2D eigenvalue weighted by molar-refractivity contribution is 5.06. The van der Waals surface area contributed by atoms with Gasteiger partial charge in [-0.15, -0.1) is 0 Å². The zero-order valence-corrected chi connectivity index (χ0v) is 8.15. The van der Waals surface area contributed by atoms with Gasteiger partial charge in [0.25, 0.3) is 0 Å². The van der Waals surface area contributed by atoms with E-state index in [0.717, 1.165) is 13.0 Å². The number of rotatable bonds is 4. The van der Waals surface area contributed by atoms with Crippen LogP contribution < -0.4 is 5.32 Å². The van der Waals surface area contributed by atoms with Crippen molar-refractivity contribution < 1.29 is 0 Å². The van der Waals surface area contributed by atoms with Crippen LogP contribution in [0.3, 0.4) is 0 Å². The molecule has 0 aliphatic carbocycles. The van der Waals surface area contributed by atoms with Crippen LogP contribution in [-0.2, 0) is 6.42 Å². The van der Waals surface area contributed by atoms with E-state index in [0.29, 0.717) is 5.41 Å². The van der Waals surface area contributed by atoms with E-state index < -0.39 is 0 Å². The van der Waals surface area contributed by atoms with Crippen molar-refractivity contribution in [1.82, 2.24) is 10.3 Å². The molecule has 0 saturated carbocycles.